The normalized spacial score (nSPS) is 11.8. The summed E-state index contributed by atoms with van der Waals surface area (Å²) in [5, 5.41) is 6.60. The molecule has 0 fully saturated rings. The molecular formula is C63H38N4O2. The largest absolute Gasteiger partial charge is 0.456 e. The van der Waals surface area contributed by atoms with Crippen LogP contribution < -0.4 is 0 Å². The Labute approximate surface area is 396 Å². The molecule has 4 heterocycles. The van der Waals surface area contributed by atoms with Gasteiger partial charge in [0.25, 0.3) is 0 Å². The zero-order valence-electron chi connectivity index (χ0n) is 37.0. The van der Waals surface area contributed by atoms with Crippen LogP contribution in [0, 0.1) is 0 Å². The lowest BCUT2D eigenvalue weighted by atomic mass is 9.96. The number of fused-ring (bicyclic) bond motifs is 9. The molecule has 0 amide bonds. The highest BCUT2D eigenvalue weighted by molar-refractivity contribution is 6.16. The molecule has 0 aliphatic carbocycles. The van der Waals surface area contributed by atoms with E-state index in [9.17, 15) is 0 Å². The maximum atomic E-state index is 6.79. The molecule has 6 heteroatoms. The smallest absolute Gasteiger partial charge is 0.164 e. The summed E-state index contributed by atoms with van der Waals surface area (Å²) in [6.45, 7) is 0. The third-order valence-corrected chi connectivity index (χ3v) is 13.4. The monoisotopic (exact) mass is 882 g/mol. The van der Waals surface area contributed by atoms with Crippen LogP contribution in [0.15, 0.2) is 239 Å². The van der Waals surface area contributed by atoms with Gasteiger partial charge >= 0.3 is 0 Å². The van der Waals surface area contributed by atoms with Gasteiger partial charge < -0.3 is 13.4 Å². The van der Waals surface area contributed by atoms with Crippen LogP contribution in [0.1, 0.15) is 0 Å². The quantitative estimate of drug-likeness (QED) is 0.159. The van der Waals surface area contributed by atoms with E-state index in [0.29, 0.717) is 17.5 Å². The van der Waals surface area contributed by atoms with E-state index in [2.05, 4.69) is 168 Å². The van der Waals surface area contributed by atoms with Crippen LogP contribution in [-0.2, 0) is 0 Å². The number of benzene rings is 10. The van der Waals surface area contributed by atoms with Crippen molar-refractivity contribution in [3.63, 3.8) is 0 Å². The maximum Gasteiger partial charge on any atom is 0.164 e. The van der Waals surface area contributed by atoms with Crippen molar-refractivity contribution in [1.82, 2.24) is 19.5 Å². The first-order chi connectivity index (χ1) is 34.2. The van der Waals surface area contributed by atoms with Crippen LogP contribution in [-0.4, -0.2) is 19.5 Å². The second-order valence-electron chi connectivity index (χ2n) is 17.5. The molecule has 322 valence electrons. The van der Waals surface area contributed by atoms with Crippen molar-refractivity contribution >= 4 is 65.7 Å². The number of hydrogen-bond acceptors (Lipinski definition) is 5. The Bertz CT molecular complexity index is 4250. The highest BCUT2D eigenvalue weighted by atomic mass is 16.3. The molecule has 6 nitrogen and oxygen atoms in total. The molecule has 0 spiro atoms. The molecule has 0 aliphatic rings. The highest BCUT2D eigenvalue weighted by Gasteiger charge is 2.22. The first-order valence-electron chi connectivity index (χ1n) is 23.2. The van der Waals surface area contributed by atoms with Crippen LogP contribution in [0.2, 0.25) is 0 Å². The van der Waals surface area contributed by atoms with Crippen molar-refractivity contribution in [2.45, 2.75) is 0 Å². The number of aromatic nitrogens is 4. The number of para-hydroxylation sites is 2. The molecule has 0 unspecified atom stereocenters. The van der Waals surface area contributed by atoms with E-state index in [4.69, 9.17) is 23.8 Å². The molecule has 14 aromatic rings. The topological polar surface area (TPSA) is 69.9 Å². The molecule has 0 radical (unpaired) electrons. The van der Waals surface area contributed by atoms with Crippen LogP contribution >= 0.6 is 0 Å². The number of hydrogen-bond donors (Lipinski definition) is 0. The van der Waals surface area contributed by atoms with Crippen LogP contribution in [0.5, 0.6) is 0 Å². The lowest BCUT2D eigenvalue weighted by molar-refractivity contribution is 0.666. The second-order valence-corrected chi connectivity index (χ2v) is 17.5. The highest BCUT2D eigenvalue weighted by Crippen LogP contribution is 2.44. The fourth-order valence-electron chi connectivity index (χ4n) is 10.2. The molecule has 0 aliphatic heterocycles. The zero-order chi connectivity index (χ0) is 45.4. The Balaban J connectivity index is 0.911. The third-order valence-electron chi connectivity index (χ3n) is 13.4. The fraction of sp³-hybridized carbons (Fsp3) is 0. The van der Waals surface area contributed by atoms with E-state index in [1.807, 2.05) is 66.7 Å². The molecule has 69 heavy (non-hydrogen) atoms. The van der Waals surface area contributed by atoms with Crippen molar-refractivity contribution in [2.75, 3.05) is 0 Å². The van der Waals surface area contributed by atoms with Crippen LogP contribution in [0.4, 0.5) is 0 Å². The molecule has 0 saturated carbocycles. The number of nitrogens with zero attached hydrogens (tertiary/aromatic N) is 4. The van der Waals surface area contributed by atoms with Crippen molar-refractivity contribution in [2.24, 2.45) is 0 Å². The molecule has 14 rings (SSSR count). The summed E-state index contributed by atoms with van der Waals surface area (Å²) in [4.78, 5) is 15.0. The lowest BCUT2D eigenvalue weighted by Crippen LogP contribution is -2.00. The minimum absolute atomic E-state index is 0.609. The summed E-state index contributed by atoms with van der Waals surface area (Å²) in [5.41, 5.74) is 15.9. The minimum Gasteiger partial charge on any atom is -0.456 e. The summed E-state index contributed by atoms with van der Waals surface area (Å²) in [6.07, 6.45) is 0. The van der Waals surface area contributed by atoms with Gasteiger partial charge in [0.1, 0.15) is 16.7 Å². The van der Waals surface area contributed by atoms with Gasteiger partial charge in [0.05, 0.1) is 16.7 Å². The van der Waals surface area contributed by atoms with Gasteiger partial charge in [0, 0.05) is 49.0 Å². The van der Waals surface area contributed by atoms with Gasteiger partial charge in [-0.2, -0.15) is 0 Å². The van der Waals surface area contributed by atoms with E-state index in [-0.39, 0.29) is 0 Å². The van der Waals surface area contributed by atoms with Gasteiger partial charge in [0.15, 0.2) is 23.1 Å². The molecule has 4 aromatic heterocycles. The van der Waals surface area contributed by atoms with E-state index >= 15 is 0 Å². The van der Waals surface area contributed by atoms with E-state index in [0.717, 1.165) is 99.5 Å². The van der Waals surface area contributed by atoms with Gasteiger partial charge in [-0.15, -0.1) is 0 Å². The maximum absolute atomic E-state index is 6.79. The average Bonchev–Trinajstić information content (AvgIpc) is 4.10. The van der Waals surface area contributed by atoms with Gasteiger partial charge in [0.2, 0.25) is 0 Å². The first-order valence-corrected chi connectivity index (χ1v) is 23.2. The minimum atomic E-state index is 0.609. The standard InChI is InChI=1S/C63H38N4O2/c1-4-16-39(17-5-1)42-31-33-54-51(35-42)48-24-10-12-27-53(48)67(54)55-37-46(36-52-49-25-11-13-28-56(49)69-60(52)55)43-30-32-50-58(38-43)68-57-29-15-26-47(59(50)57)44-22-14-23-45(34-44)63-65-61(40-18-6-2-7-19-40)64-62(66-63)41-20-8-3-9-21-41/h1-38H. The van der Waals surface area contributed by atoms with Crippen molar-refractivity contribution in [3.05, 3.63) is 231 Å². The van der Waals surface area contributed by atoms with Crippen LogP contribution in [0.25, 0.3) is 139 Å². The molecule has 0 N–H and O–H groups in total. The number of furan rings is 2. The van der Waals surface area contributed by atoms with Crippen LogP contribution in [0.3, 0.4) is 0 Å². The summed E-state index contributed by atoms with van der Waals surface area (Å²) in [6, 6.07) is 80.4. The first kappa shape index (κ1) is 38.8. The fourth-order valence-corrected chi connectivity index (χ4v) is 10.2. The second kappa shape index (κ2) is 15.6. The van der Waals surface area contributed by atoms with Gasteiger partial charge in [-0.25, -0.2) is 15.0 Å². The Hall–Kier alpha value is -9.39. The summed E-state index contributed by atoms with van der Waals surface area (Å²) < 4.78 is 15.9. The SMILES string of the molecule is c1ccc(-c2ccc3c(c2)c2ccccc2n3-c2cc(-c3ccc4c(c3)oc3cccc(-c5cccc(-c6nc(-c7ccccc7)nc(-c7ccccc7)n6)c5)c34)cc3c2oc2ccccc23)cc1. The average molecular weight is 883 g/mol. The predicted molar refractivity (Wildman–Crippen MR) is 281 cm³/mol. The molecule has 0 saturated heterocycles. The van der Waals surface area contributed by atoms with Crippen molar-refractivity contribution < 1.29 is 8.83 Å². The summed E-state index contributed by atoms with van der Waals surface area (Å²) >= 11 is 0. The van der Waals surface area contributed by atoms with E-state index in [1.165, 1.54) is 21.9 Å². The zero-order valence-corrected chi connectivity index (χ0v) is 37.0. The Morgan fingerprint density at radius 2 is 0.855 bits per heavy atom. The summed E-state index contributed by atoms with van der Waals surface area (Å²) in [7, 11) is 0. The van der Waals surface area contributed by atoms with Gasteiger partial charge in [-0.1, -0.05) is 170 Å². The Morgan fingerprint density at radius 3 is 1.62 bits per heavy atom. The van der Waals surface area contributed by atoms with E-state index in [1.54, 1.807) is 0 Å². The van der Waals surface area contributed by atoms with Gasteiger partial charge in [-0.05, 0) is 94.0 Å². The van der Waals surface area contributed by atoms with Crippen molar-refractivity contribution in [3.8, 4) is 73.2 Å². The third kappa shape index (κ3) is 6.45. The van der Waals surface area contributed by atoms with Crippen molar-refractivity contribution in [1.29, 1.82) is 0 Å². The summed E-state index contributed by atoms with van der Waals surface area (Å²) in [5.74, 6) is 1.87. The van der Waals surface area contributed by atoms with E-state index < -0.39 is 0 Å². The lowest BCUT2D eigenvalue weighted by Gasteiger charge is -2.12. The number of rotatable bonds is 7. The molecule has 0 bridgehead atoms. The Kier molecular flexibility index (Phi) is 8.79. The molecule has 10 aromatic carbocycles. The molecule has 0 atom stereocenters. The molecular weight excluding hydrogens is 845 g/mol. The van der Waals surface area contributed by atoms with Gasteiger partial charge in [-0.3, -0.25) is 0 Å². The predicted octanol–water partition coefficient (Wildman–Crippen LogP) is 16.8. The Morgan fingerprint density at radius 1 is 0.290 bits per heavy atom.